The number of rotatable bonds is 13. The SMILES string of the molecule is COc1cccc(OC)c1-c1cc(C(=O)N[C@H](CC(=O)NCc2ncco2)CC(C)C)nn1CC(C)C. The maximum Gasteiger partial charge on any atom is 0.272 e. The topological polar surface area (TPSA) is 121 Å². The van der Waals surface area contributed by atoms with Crippen molar-refractivity contribution >= 4 is 11.8 Å². The number of carbonyl (C=O) groups is 2. The van der Waals surface area contributed by atoms with Gasteiger partial charge >= 0.3 is 0 Å². The molecule has 1 aromatic carbocycles. The van der Waals surface area contributed by atoms with Crippen molar-refractivity contribution in [2.24, 2.45) is 11.8 Å². The van der Waals surface area contributed by atoms with Gasteiger partial charge in [-0.15, -0.1) is 0 Å². The highest BCUT2D eigenvalue weighted by Crippen LogP contribution is 2.38. The minimum atomic E-state index is -0.364. The van der Waals surface area contributed by atoms with Crippen LogP contribution in [0.25, 0.3) is 11.3 Å². The highest BCUT2D eigenvalue weighted by Gasteiger charge is 2.24. The molecular formula is C27H37N5O5. The normalized spacial score (nSPS) is 12.0. The Bertz CT molecular complexity index is 1150. The molecule has 0 spiro atoms. The zero-order chi connectivity index (χ0) is 26.9. The molecule has 2 aromatic heterocycles. The molecule has 200 valence electrons. The second-order valence-electron chi connectivity index (χ2n) is 9.73. The molecule has 37 heavy (non-hydrogen) atoms. The van der Waals surface area contributed by atoms with E-state index in [1.165, 1.54) is 12.5 Å². The molecule has 0 fully saturated rings. The monoisotopic (exact) mass is 511 g/mol. The lowest BCUT2D eigenvalue weighted by molar-refractivity contribution is -0.121. The number of hydrogen-bond acceptors (Lipinski definition) is 7. The maximum atomic E-state index is 13.3. The van der Waals surface area contributed by atoms with Crippen LogP contribution in [0.2, 0.25) is 0 Å². The molecule has 10 nitrogen and oxygen atoms in total. The van der Waals surface area contributed by atoms with Crippen molar-refractivity contribution < 1.29 is 23.5 Å². The number of methoxy groups -OCH3 is 2. The van der Waals surface area contributed by atoms with E-state index < -0.39 is 0 Å². The average Bonchev–Trinajstić information content (AvgIpc) is 3.51. The van der Waals surface area contributed by atoms with E-state index in [1.807, 2.05) is 32.0 Å². The first-order valence-electron chi connectivity index (χ1n) is 12.5. The van der Waals surface area contributed by atoms with Crippen LogP contribution in [0.3, 0.4) is 0 Å². The van der Waals surface area contributed by atoms with Crippen LogP contribution in [0.1, 0.15) is 56.9 Å². The highest BCUT2D eigenvalue weighted by atomic mass is 16.5. The Balaban J connectivity index is 1.84. The van der Waals surface area contributed by atoms with Crippen molar-refractivity contribution in [3.63, 3.8) is 0 Å². The Morgan fingerprint density at radius 3 is 2.35 bits per heavy atom. The summed E-state index contributed by atoms with van der Waals surface area (Å²) < 4.78 is 18.2. The Hall–Kier alpha value is -3.82. The number of oxazole rings is 1. The third-order valence-corrected chi connectivity index (χ3v) is 5.68. The lowest BCUT2D eigenvalue weighted by atomic mass is 10.0. The molecule has 0 saturated carbocycles. The van der Waals surface area contributed by atoms with Crippen molar-refractivity contribution in [3.8, 4) is 22.8 Å². The summed E-state index contributed by atoms with van der Waals surface area (Å²) in [5.41, 5.74) is 1.71. The summed E-state index contributed by atoms with van der Waals surface area (Å²) in [4.78, 5) is 29.9. The number of amides is 2. The van der Waals surface area contributed by atoms with Gasteiger partial charge in [0, 0.05) is 19.0 Å². The second kappa shape index (κ2) is 12.9. The molecule has 0 aliphatic carbocycles. The standard InChI is InChI=1S/C27H37N5O5/c1-17(2)12-19(13-24(33)29-15-25-28-10-11-37-25)30-27(34)20-14-21(32(31-20)16-18(3)4)26-22(35-5)8-7-9-23(26)36-6/h7-11,14,17-19H,12-13,15-16H2,1-6H3,(H,29,33)(H,30,34)/t19-/m0/s1. The van der Waals surface area contributed by atoms with E-state index in [0.717, 1.165) is 11.3 Å². The van der Waals surface area contributed by atoms with Crippen LogP contribution in [0.5, 0.6) is 11.5 Å². The number of nitrogens with zero attached hydrogens (tertiary/aromatic N) is 3. The molecule has 3 rings (SSSR count). The zero-order valence-corrected chi connectivity index (χ0v) is 22.4. The molecule has 2 N–H and O–H groups in total. The summed E-state index contributed by atoms with van der Waals surface area (Å²) in [7, 11) is 3.19. The van der Waals surface area contributed by atoms with Gasteiger partial charge in [-0.3, -0.25) is 14.3 Å². The molecule has 0 saturated heterocycles. The molecule has 10 heteroatoms. The van der Waals surface area contributed by atoms with Crippen molar-refractivity contribution in [1.82, 2.24) is 25.4 Å². The number of ether oxygens (including phenoxy) is 2. The smallest absolute Gasteiger partial charge is 0.272 e. The Labute approximate surface area is 217 Å². The highest BCUT2D eigenvalue weighted by molar-refractivity contribution is 5.94. The predicted octanol–water partition coefficient (Wildman–Crippen LogP) is 4.06. The van der Waals surface area contributed by atoms with Gasteiger partial charge in [-0.25, -0.2) is 4.98 Å². The molecule has 0 bridgehead atoms. The summed E-state index contributed by atoms with van der Waals surface area (Å²) in [5, 5.41) is 10.4. The van der Waals surface area contributed by atoms with E-state index in [0.29, 0.717) is 30.4 Å². The van der Waals surface area contributed by atoms with E-state index >= 15 is 0 Å². The summed E-state index contributed by atoms with van der Waals surface area (Å²) in [6.45, 7) is 9.06. The lowest BCUT2D eigenvalue weighted by Gasteiger charge is -2.19. The van der Waals surface area contributed by atoms with Gasteiger partial charge in [-0.2, -0.15) is 5.10 Å². The van der Waals surface area contributed by atoms with Crippen LogP contribution in [0, 0.1) is 11.8 Å². The van der Waals surface area contributed by atoms with E-state index in [2.05, 4.69) is 34.6 Å². The molecule has 3 aromatic rings. The van der Waals surface area contributed by atoms with Crippen LogP contribution in [-0.4, -0.2) is 46.8 Å². The molecular weight excluding hydrogens is 474 g/mol. The molecule has 2 heterocycles. The summed E-state index contributed by atoms with van der Waals surface area (Å²) in [5.74, 6) is 1.69. The molecule has 0 aliphatic rings. The maximum absolute atomic E-state index is 13.3. The van der Waals surface area contributed by atoms with E-state index in [1.54, 1.807) is 25.0 Å². The minimum absolute atomic E-state index is 0.129. The van der Waals surface area contributed by atoms with E-state index in [4.69, 9.17) is 13.9 Å². The number of benzene rings is 1. The Kier molecular flexibility index (Phi) is 9.71. The van der Waals surface area contributed by atoms with Crippen molar-refractivity contribution in [2.75, 3.05) is 14.2 Å². The van der Waals surface area contributed by atoms with Crippen molar-refractivity contribution in [1.29, 1.82) is 0 Å². The fourth-order valence-corrected chi connectivity index (χ4v) is 4.15. The van der Waals surface area contributed by atoms with Gasteiger partial charge in [-0.1, -0.05) is 33.8 Å². The van der Waals surface area contributed by atoms with E-state index in [9.17, 15) is 9.59 Å². The third kappa shape index (κ3) is 7.58. The Morgan fingerprint density at radius 1 is 1.08 bits per heavy atom. The van der Waals surface area contributed by atoms with Crippen LogP contribution in [0.4, 0.5) is 0 Å². The lowest BCUT2D eigenvalue weighted by Crippen LogP contribution is -2.40. The first kappa shape index (κ1) is 27.8. The van der Waals surface area contributed by atoms with Crippen LogP contribution in [-0.2, 0) is 17.9 Å². The van der Waals surface area contributed by atoms with Crippen molar-refractivity contribution in [3.05, 3.63) is 48.3 Å². The number of hydrogen-bond donors (Lipinski definition) is 2. The quantitative estimate of drug-likeness (QED) is 0.355. The molecule has 0 radical (unpaired) electrons. The minimum Gasteiger partial charge on any atom is -0.496 e. The zero-order valence-electron chi connectivity index (χ0n) is 22.4. The van der Waals surface area contributed by atoms with Crippen LogP contribution < -0.4 is 20.1 Å². The largest absolute Gasteiger partial charge is 0.496 e. The van der Waals surface area contributed by atoms with Gasteiger partial charge in [0.1, 0.15) is 17.8 Å². The third-order valence-electron chi connectivity index (χ3n) is 5.68. The number of aromatic nitrogens is 3. The first-order valence-corrected chi connectivity index (χ1v) is 12.5. The molecule has 0 aliphatic heterocycles. The van der Waals surface area contributed by atoms with Crippen molar-refractivity contribution in [2.45, 2.75) is 59.7 Å². The van der Waals surface area contributed by atoms with Gasteiger partial charge in [0.2, 0.25) is 11.8 Å². The summed E-state index contributed by atoms with van der Waals surface area (Å²) in [6, 6.07) is 6.92. The van der Waals surface area contributed by atoms with Gasteiger partial charge in [0.25, 0.3) is 5.91 Å². The van der Waals surface area contributed by atoms with Gasteiger partial charge < -0.3 is 24.5 Å². The predicted molar refractivity (Wildman–Crippen MR) is 139 cm³/mol. The molecule has 0 unspecified atom stereocenters. The van der Waals surface area contributed by atoms with Gasteiger partial charge in [0.05, 0.1) is 38.2 Å². The fraction of sp³-hybridized carbons (Fsp3) is 0.481. The number of nitrogens with one attached hydrogen (secondary N) is 2. The number of carbonyl (C=O) groups excluding carboxylic acids is 2. The molecule has 1 atom stereocenters. The fourth-order valence-electron chi connectivity index (χ4n) is 4.15. The van der Waals surface area contributed by atoms with Gasteiger partial charge in [-0.05, 0) is 36.5 Å². The molecule has 2 amide bonds. The summed E-state index contributed by atoms with van der Waals surface area (Å²) in [6.07, 6.45) is 3.75. The summed E-state index contributed by atoms with van der Waals surface area (Å²) >= 11 is 0. The second-order valence-corrected chi connectivity index (χ2v) is 9.73. The average molecular weight is 512 g/mol. The van der Waals surface area contributed by atoms with Gasteiger partial charge in [0.15, 0.2) is 5.69 Å². The van der Waals surface area contributed by atoms with Crippen LogP contribution in [0.15, 0.2) is 41.1 Å². The first-order chi connectivity index (χ1) is 17.7. The van der Waals surface area contributed by atoms with E-state index in [-0.39, 0.29) is 48.4 Å². The Morgan fingerprint density at radius 2 is 1.78 bits per heavy atom. The van der Waals surface area contributed by atoms with Crippen LogP contribution >= 0.6 is 0 Å².